The van der Waals surface area contributed by atoms with Crippen LogP contribution in [-0.4, -0.2) is 18.6 Å². The van der Waals surface area contributed by atoms with Gasteiger partial charge in [-0.2, -0.15) is 0 Å². The first-order valence-corrected chi connectivity index (χ1v) is 9.79. The maximum atomic E-state index is 13.0. The molecule has 2 saturated carbocycles. The molecule has 3 aliphatic rings. The molecular weight excluding hydrogens is 329 g/mol. The van der Waals surface area contributed by atoms with Gasteiger partial charge >= 0.3 is 5.97 Å². The van der Waals surface area contributed by atoms with Crippen molar-refractivity contribution in [2.45, 2.75) is 51.7 Å². The largest absolute Gasteiger partial charge is 0.462 e. The van der Waals surface area contributed by atoms with E-state index in [1.54, 1.807) is 12.1 Å². The molecule has 140 valence electrons. The Hall–Kier alpha value is -1.68. The van der Waals surface area contributed by atoms with Crippen molar-refractivity contribution < 1.29 is 13.9 Å². The van der Waals surface area contributed by atoms with Crippen molar-refractivity contribution in [2.75, 3.05) is 6.54 Å². The number of benzene rings is 1. The highest BCUT2D eigenvalue weighted by Crippen LogP contribution is 2.56. The summed E-state index contributed by atoms with van der Waals surface area (Å²) in [5.41, 5.74) is 2.63. The topological polar surface area (TPSA) is 38.3 Å². The van der Waals surface area contributed by atoms with E-state index in [1.165, 1.54) is 30.5 Å². The first-order chi connectivity index (χ1) is 12.5. The normalized spacial score (nSPS) is 36.4. The molecule has 1 N–H and O–H groups in total. The van der Waals surface area contributed by atoms with E-state index in [0.29, 0.717) is 19.0 Å². The van der Waals surface area contributed by atoms with E-state index in [2.05, 4.69) is 18.8 Å². The van der Waals surface area contributed by atoms with Crippen LogP contribution < -0.4 is 5.32 Å². The highest BCUT2D eigenvalue weighted by Gasteiger charge is 2.54. The lowest BCUT2D eigenvalue weighted by molar-refractivity contribution is -0.146. The van der Waals surface area contributed by atoms with Crippen molar-refractivity contribution >= 4 is 5.97 Å². The van der Waals surface area contributed by atoms with Crippen LogP contribution in [-0.2, 0) is 16.1 Å². The molecule has 4 heteroatoms. The number of allylic oxidation sites excluding steroid dienone is 1. The quantitative estimate of drug-likeness (QED) is 0.647. The lowest BCUT2D eigenvalue weighted by atomic mass is 9.55. The van der Waals surface area contributed by atoms with Crippen LogP contribution in [0, 0.1) is 29.0 Å². The second kappa shape index (κ2) is 6.80. The Labute approximate surface area is 155 Å². The van der Waals surface area contributed by atoms with Gasteiger partial charge in [0.25, 0.3) is 0 Å². The van der Waals surface area contributed by atoms with E-state index >= 15 is 0 Å². The molecule has 0 spiro atoms. The molecule has 0 amide bonds. The van der Waals surface area contributed by atoms with E-state index < -0.39 is 0 Å². The van der Waals surface area contributed by atoms with Gasteiger partial charge < -0.3 is 10.1 Å². The Morgan fingerprint density at radius 1 is 1.35 bits per heavy atom. The summed E-state index contributed by atoms with van der Waals surface area (Å²) in [7, 11) is 0. The number of hydrogen-bond acceptors (Lipinski definition) is 3. The third-order valence-corrected chi connectivity index (χ3v) is 6.93. The standard InChI is InChI=1S/C22H28FNO2/c1-14-4-3-9-22(2)11-20-17(10-19(14)22)18(21(25)26-20)13-24-12-15-5-7-16(23)8-6-15/h5-8,17-20,24H,1,3-4,9-13H2,2H3/t17-,18?,19?,20-,22-/m1/s1. The highest BCUT2D eigenvalue weighted by molar-refractivity contribution is 5.75. The van der Waals surface area contributed by atoms with E-state index in [1.807, 2.05) is 0 Å². The van der Waals surface area contributed by atoms with Crippen molar-refractivity contribution in [1.82, 2.24) is 5.32 Å². The predicted molar refractivity (Wildman–Crippen MR) is 98.8 cm³/mol. The molecule has 1 aromatic carbocycles. The van der Waals surface area contributed by atoms with Gasteiger partial charge in [0, 0.05) is 19.0 Å². The number of nitrogens with one attached hydrogen (secondary N) is 1. The smallest absolute Gasteiger partial charge is 0.310 e. The zero-order valence-electron chi connectivity index (χ0n) is 15.5. The van der Waals surface area contributed by atoms with Crippen LogP contribution in [0.3, 0.4) is 0 Å². The Morgan fingerprint density at radius 2 is 2.12 bits per heavy atom. The molecule has 5 atom stereocenters. The minimum atomic E-state index is -0.228. The average Bonchev–Trinajstić information content (AvgIpc) is 2.89. The minimum Gasteiger partial charge on any atom is -0.462 e. The number of carbonyl (C=O) groups excluding carboxylic acids is 1. The minimum absolute atomic E-state index is 0.0561. The summed E-state index contributed by atoms with van der Waals surface area (Å²) in [6, 6.07) is 6.48. The molecule has 3 nitrogen and oxygen atoms in total. The molecule has 1 aliphatic heterocycles. The van der Waals surface area contributed by atoms with Gasteiger partial charge in [-0.3, -0.25) is 4.79 Å². The van der Waals surface area contributed by atoms with Crippen LogP contribution in [0.5, 0.6) is 0 Å². The predicted octanol–water partition coefficient (Wildman–Crippen LogP) is 4.23. The van der Waals surface area contributed by atoms with Crippen molar-refractivity contribution in [3.63, 3.8) is 0 Å². The van der Waals surface area contributed by atoms with Crippen LogP contribution in [0.1, 0.15) is 44.6 Å². The zero-order valence-corrected chi connectivity index (χ0v) is 15.5. The van der Waals surface area contributed by atoms with Gasteiger partial charge in [0.15, 0.2) is 0 Å². The maximum Gasteiger partial charge on any atom is 0.310 e. The first-order valence-electron chi connectivity index (χ1n) is 9.79. The molecular formula is C22H28FNO2. The molecule has 26 heavy (non-hydrogen) atoms. The number of hydrogen-bond donors (Lipinski definition) is 1. The molecule has 1 aromatic rings. The van der Waals surface area contributed by atoms with E-state index in [0.717, 1.165) is 24.8 Å². The maximum absolute atomic E-state index is 13.0. The molecule has 0 radical (unpaired) electrons. The SMILES string of the molecule is C=C1CCC[C@]2(C)C[C@H]3OC(=O)C(CNCc4ccc(F)cc4)[C@H]3CC12. The van der Waals surface area contributed by atoms with Crippen LogP contribution in [0.2, 0.25) is 0 Å². The van der Waals surface area contributed by atoms with Gasteiger partial charge in [-0.05, 0) is 61.1 Å². The molecule has 0 bridgehead atoms. The van der Waals surface area contributed by atoms with Crippen molar-refractivity contribution in [2.24, 2.45) is 23.2 Å². The van der Waals surface area contributed by atoms with Crippen molar-refractivity contribution in [3.05, 3.63) is 47.8 Å². The highest BCUT2D eigenvalue weighted by atomic mass is 19.1. The summed E-state index contributed by atoms with van der Waals surface area (Å²) >= 11 is 0. The number of fused-ring (bicyclic) bond motifs is 2. The zero-order chi connectivity index (χ0) is 18.3. The van der Waals surface area contributed by atoms with Crippen LogP contribution in [0.15, 0.2) is 36.4 Å². The van der Waals surface area contributed by atoms with Gasteiger partial charge in [0.2, 0.25) is 0 Å². The molecule has 0 aromatic heterocycles. The fraction of sp³-hybridized carbons (Fsp3) is 0.591. The Morgan fingerprint density at radius 3 is 2.88 bits per heavy atom. The lowest BCUT2D eigenvalue weighted by Gasteiger charge is -2.50. The summed E-state index contributed by atoms with van der Waals surface area (Å²) in [6.07, 6.45) is 5.60. The fourth-order valence-corrected chi connectivity index (χ4v) is 5.46. The second-order valence-electron chi connectivity index (χ2n) is 8.66. The molecule has 1 saturated heterocycles. The van der Waals surface area contributed by atoms with Gasteiger partial charge in [-0.1, -0.05) is 31.2 Å². The summed E-state index contributed by atoms with van der Waals surface area (Å²) in [5.74, 6) is 0.441. The Balaban J connectivity index is 1.40. The number of halogens is 1. The second-order valence-corrected chi connectivity index (χ2v) is 8.66. The van der Waals surface area contributed by atoms with E-state index in [-0.39, 0.29) is 35.1 Å². The average molecular weight is 357 g/mol. The number of rotatable bonds is 4. The van der Waals surface area contributed by atoms with Crippen LogP contribution in [0.25, 0.3) is 0 Å². The van der Waals surface area contributed by atoms with Gasteiger partial charge in [0.05, 0.1) is 5.92 Å². The lowest BCUT2D eigenvalue weighted by Crippen LogP contribution is -2.45. The molecule has 2 aliphatic carbocycles. The number of carbonyl (C=O) groups is 1. The third kappa shape index (κ3) is 3.20. The Bertz CT molecular complexity index is 701. The monoisotopic (exact) mass is 357 g/mol. The third-order valence-electron chi connectivity index (χ3n) is 6.93. The summed E-state index contributed by atoms with van der Waals surface area (Å²) < 4.78 is 18.8. The number of ether oxygens (including phenoxy) is 1. The molecule has 4 rings (SSSR count). The first kappa shape index (κ1) is 17.7. The Kier molecular flexibility index (Phi) is 4.64. The molecule has 3 fully saturated rings. The van der Waals surface area contributed by atoms with Gasteiger partial charge in [0.1, 0.15) is 11.9 Å². The van der Waals surface area contributed by atoms with Crippen molar-refractivity contribution in [3.8, 4) is 0 Å². The molecule has 2 unspecified atom stereocenters. The van der Waals surface area contributed by atoms with Gasteiger partial charge in [-0.25, -0.2) is 4.39 Å². The summed E-state index contributed by atoms with van der Waals surface area (Å²) in [6.45, 7) is 7.94. The van der Waals surface area contributed by atoms with E-state index in [9.17, 15) is 9.18 Å². The van der Waals surface area contributed by atoms with Crippen LogP contribution >= 0.6 is 0 Å². The van der Waals surface area contributed by atoms with Crippen molar-refractivity contribution in [1.29, 1.82) is 0 Å². The summed E-state index contributed by atoms with van der Waals surface area (Å²) in [4.78, 5) is 12.5. The summed E-state index contributed by atoms with van der Waals surface area (Å²) in [5, 5.41) is 3.37. The molecule has 1 heterocycles. The van der Waals surface area contributed by atoms with E-state index in [4.69, 9.17) is 4.74 Å². The van der Waals surface area contributed by atoms with Crippen LogP contribution in [0.4, 0.5) is 4.39 Å². The van der Waals surface area contributed by atoms with Gasteiger partial charge in [-0.15, -0.1) is 0 Å². The fourth-order valence-electron chi connectivity index (χ4n) is 5.46. The number of esters is 1.